The van der Waals surface area contributed by atoms with Crippen molar-refractivity contribution >= 4 is 11.5 Å². The monoisotopic (exact) mass is 292 g/mol. The van der Waals surface area contributed by atoms with Gasteiger partial charge in [0.1, 0.15) is 5.82 Å². The van der Waals surface area contributed by atoms with E-state index >= 15 is 0 Å². The highest BCUT2D eigenvalue weighted by atomic mass is 15.6. The molecule has 2 heterocycles. The molecule has 2 atom stereocenters. The summed E-state index contributed by atoms with van der Waals surface area (Å²) in [6.45, 7) is 0.953. The van der Waals surface area contributed by atoms with Gasteiger partial charge in [-0.3, -0.25) is 0 Å². The molecule has 0 bridgehead atoms. The Labute approximate surface area is 127 Å². The van der Waals surface area contributed by atoms with Gasteiger partial charge in [0.15, 0.2) is 5.65 Å². The first kappa shape index (κ1) is 12.1. The van der Waals surface area contributed by atoms with Gasteiger partial charge in [-0.2, -0.15) is 0 Å². The van der Waals surface area contributed by atoms with E-state index < -0.39 is 0 Å². The van der Waals surface area contributed by atoms with Crippen LogP contribution in [0.5, 0.6) is 0 Å². The van der Waals surface area contributed by atoms with E-state index in [0.29, 0.717) is 17.0 Å². The maximum Gasteiger partial charge on any atom is 0.200 e. The van der Waals surface area contributed by atoms with Gasteiger partial charge in [0.05, 0.1) is 0 Å². The van der Waals surface area contributed by atoms with Crippen molar-refractivity contribution in [3.8, 4) is 0 Å². The molecule has 110 valence electrons. The lowest BCUT2D eigenvalue weighted by atomic mass is 9.95. The Kier molecular flexibility index (Phi) is 2.34. The van der Waals surface area contributed by atoms with Crippen molar-refractivity contribution in [1.29, 1.82) is 0 Å². The van der Waals surface area contributed by atoms with E-state index in [1.54, 1.807) is 11.1 Å². The van der Waals surface area contributed by atoms with Crippen LogP contribution in [0.1, 0.15) is 24.0 Å². The van der Waals surface area contributed by atoms with Crippen LogP contribution in [0.25, 0.3) is 5.65 Å². The molecular weight excluding hydrogens is 276 g/mol. The van der Waals surface area contributed by atoms with Gasteiger partial charge in [-0.15, -0.1) is 14.8 Å². The Hall–Kier alpha value is -2.50. The standard InChI is InChI=1S/C16H16N6/c1-2-4-13-11(3-1)7-8-16(13)9-12(16)10-17-14-5-6-15-18-20-21-22(15)19-14/h1-6,12H,7-10H2,(H,17,19)/t12-,16-/m1/s1. The molecule has 5 rings (SSSR count). The maximum absolute atomic E-state index is 4.36. The molecular formula is C16H16N6. The third-order valence-electron chi connectivity index (χ3n) is 5.23. The predicted molar refractivity (Wildman–Crippen MR) is 81.6 cm³/mol. The highest BCUT2D eigenvalue weighted by molar-refractivity contribution is 5.47. The van der Waals surface area contributed by atoms with E-state index in [4.69, 9.17) is 0 Å². The van der Waals surface area contributed by atoms with Gasteiger partial charge in [-0.05, 0) is 58.9 Å². The number of anilines is 1. The van der Waals surface area contributed by atoms with Crippen molar-refractivity contribution in [3.05, 3.63) is 47.5 Å². The number of benzene rings is 1. The minimum atomic E-state index is 0.419. The van der Waals surface area contributed by atoms with E-state index in [9.17, 15) is 0 Å². The summed E-state index contributed by atoms with van der Waals surface area (Å²) in [7, 11) is 0. The van der Waals surface area contributed by atoms with Gasteiger partial charge in [-0.25, -0.2) is 0 Å². The summed E-state index contributed by atoms with van der Waals surface area (Å²) in [6, 6.07) is 12.7. The van der Waals surface area contributed by atoms with Crippen LogP contribution in [0.3, 0.4) is 0 Å². The zero-order valence-electron chi connectivity index (χ0n) is 12.1. The van der Waals surface area contributed by atoms with E-state index in [1.165, 1.54) is 23.9 Å². The van der Waals surface area contributed by atoms with Crippen LogP contribution in [-0.4, -0.2) is 31.8 Å². The van der Waals surface area contributed by atoms with Crippen molar-refractivity contribution in [2.75, 3.05) is 11.9 Å². The summed E-state index contributed by atoms with van der Waals surface area (Å²) >= 11 is 0. The molecule has 1 aromatic carbocycles. The lowest BCUT2D eigenvalue weighted by Gasteiger charge is -2.12. The first-order valence-electron chi connectivity index (χ1n) is 7.73. The van der Waals surface area contributed by atoms with E-state index in [2.05, 4.69) is 50.2 Å². The van der Waals surface area contributed by atoms with Gasteiger partial charge in [-0.1, -0.05) is 24.3 Å². The SMILES string of the molecule is c1ccc2c(c1)CC[C@]21C[C@@H]1CNc1ccc2nnnn2n1. The van der Waals surface area contributed by atoms with Crippen LogP contribution in [0.15, 0.2) is 36.4 Å². The van der Waals surface area contributed by atoms with Gasteiger partial charge < -0.3 is 5.32 Å². The second kappa shape index (κ2) is 4.25. The summed E-state index contributed by atoms with van der Waals surface area (Å²) in [5, 5.41) is 19.1. The van der Waals surface area contributed by atoms with E-state index in [1.807, 2.05) is 12.1 Å². The van der Waals surface area contributed by atoms with Crippen molar-refractivity contribution in [2.24, 2.45) is 5.92 Å². The molecule has 0 unspecified atom stereocenters. The molecule has 6 nitrogen and oxygen atoms in total. The Bertz CT molecular complexity index is 856. The second-order valence-electron chi connectivity index (χ2n) is 6.34. The van der Waals surface area contributed by atoms with Crippen LogP contribution in [0.4, 0.5) is 5.82 Å². The number of aryl methyl sites for hydroxylation is 1. The number of tetrazole rings is 1. The summed E-state index contributed by atoms with van der Waals surface area (Å²) in [5.74, 6) is 1.52. The molecule has 3 aromatic rings. The molecule has 2 aliphatic carbocycles. The Morgan fingerprint density at radius 1 is 1.23 bits per heavy atom. The molecule has 0 saturated heterocycles. The largest absolute Gasteiger partial charge is 0.368 e. The Morgan fingerprint density at radius 2 is 2.18 bits per heavy atom. The maximum atomic E-state index is 4.36. The molecule has 2 aliphatic rings. The minimum Gasteiger partial charge on any atom is -0.368 e. The quantitative estimate of drug-likeness (QED) is 0.797. The highest BCUT2D eigenvalue weighted by Gasteiger charge is 2.57. The first-order chi connectivity index (χ1) is 10.9. The van der Waals surface area contributed by atoms with Crippen LogP contribution < -0.4 is 5.32 Å². The normalized spacial score (nSPS) is 25.5. The van der Waals surface area contributed by atoms with Crippen LogP contribution >= 0.6 is 0 Å². The number of hydrogen-bond donors (Lipinski definition) is 1. The average Bonchev–Trinajstić information content (AvgIpc) is 2.90. The fourth-order valence-corrected chi connectivity index (χ4v) is 3.97. The summed E-state index contributed by atoms with van der Waals surface area (Å²) in [4.78, 5) is 0. The summed E-state index contributed by atoms with van der Waals surface area (Å²) in [5.41, 5.74) is 4.20. The predicted octanol–water partition coefficient (Wildman–Crippen LogP) is 1.84. The Balaban J connectivity index is 1.32. The number of hydrogen-bond acceptors (Lipinski definition) is 5. The number of nitrogens with zero attached hydrogens (tertiary/aromatic N) is 5. The van der Waals surface area contributed by atoms with Gasteiger partial charge in [0.2, 0.25) is 0 Å². The summed E-state index contributed by atoms with van der Waals surface area (Å²) in [6.07, 6.45) is 3.80. The van der Waals surface area contributed by atoms with E-state index in [-0.39, 0.29) is 0 Å². The minimum absolute atomic E-state index is 0.419. The second-order valence-corrected chi connectivity index (χ2v) is 6.34. The topological polar surface area (TPSA) is 68.0 Å². The van der Waals surface area contributed by atoms with Crippen LogP contribution in [0, 0.1) is 5.92 Å². The molecule has 0 radical (unpaired) electrons. The third kappa shape index (κ3) is 1.66. The number of aromatic nitrogens is 5. The Morgan fingerprint density at radius 3 is 3.18 bits per heavy atom. The molecule has 1 fully saturated rings. The van der Waals surface area contributed by atoms with Crippen molar-refractivity contribution < 1.29 is 0 Å². The molecule has 0 amide bonds. The number of rotatable bonds is 3. The van der Waals surface area contributed by atoms with E-state index in [0.717, 1.165) is 12.4 Å². The average molecular weight is 292 g/mol. The number of nitrogens with one attached hydrogen (secondary N) is 1. The van der Waals surface area contributed by atoms with Crippen molar-refractivity contribution in [1.82, 2.24) is 25.3 Å². The fourth-order valence-electron chi connectivity index (χ4n) is 3.97. The van der Waals surface area contributed by atoms with Crippen molar-refractivity contribution in [2.45, 2.75) is 24.7 Å². The molecule has 1 N–H and O–H groups in total. The lowest BCUT2D eigenvalue weighted by molar-refractivity contribution is 0.608. The van der Waals surface area contributed by atoms with Crippen LogP contribution in [0.2, 0.25) is 0 Å². The molecule has 2 aromatic heterocycles. The number of fused-ring (bicyclic) bond motifs is 3. The molecule has 0 aliphatic heterocycles. The smallest absolute Gasteiger partial charge is 0.200 e. The zero-order valence-corrected chi connectivity index (χ0v) is 12.1. The van der Waals surface area contributed by atoms with Gasteiger partial charge in [0, 0.05) is 12.0 Å². The molecule has 22 heavy (non-hydrogen) atoms. The lowest BCUT2D eigenvalue weighted by Crippen LogP contribution is -2.14. The molecule has 1 spiro atoms. The van der Waals surface area contributed by atoms with Crippen molar-refractivity contribution in [3.63, 3.8) is 0 Å². The first-order valence-corrected chi connectivity index (χ1v) is 7.73. The summed E-state index contributed by atoms with van der Waals surface area (Å²) < 4.78 is 1.45. The van der Waals surface area contributed by atoms with Gasteiger partial charge in [0.25, 0.3) is 0 Å². The van der Waals surface area contributed by atoms with Crippen LogP contribution in [-0.2, 0) is 11.8 Å². The zero-order chi connectivity index (χ0) is 14.6. The molecule has 1 saturated carbocycles. The van der Waals surface area contributed by atoms with Gasteiger partial charge >= 0.3 is 0 Å². The fraction of sp³-hybridized carbons (Fsp3) is 0.375. The highest BCUT2D eigenvalue weighted by Crippen LogP contribution is 2.61. The third-order valence-corrected chi connectivity index (χ3v) is 5.23. The molecule has 6 heteroatoms.